The number of aryl methyl sites for hydroxylation is 3. The molecule has 0 bridgehead atoms. The Morgan fingerprint density at radius 1 is 1.24 bits per heavy atom. The van der Waals surface area contributed by atoms with E-state index in [1.807, 2.05) is 13.8 Å². The van der Waals surface area contributed by atoms with Crippen molar-refractivity contribution in [3.63, 3.8) is 0 Å². The molecule has 0 amide bonds. The smallest absolute Gasteiger partial charge is 0.326 e. The molecule has 7 nitrogen and oxygen atoms in total. The van der Waals surface area contributed by atoms with Gasteiger partial charge in [-0.25, -0.2) is 14.8 Å². The fourth-order valence-electron chi connectivity index (χ4n) is 2.00. The number of rotatable bonds is 5. The first kappa shape index (κ1) is 15.2. The van der Waals surface area contributed by atoms with Gasteiger partial charge in [0.1, 0.15) is 22.5 Å². The molecule has 2 heterocycles. The van der Waals surface area contributed by atoms with Crippen molar-refractivity contribution in [2.45, 2.75) is 33.2 Å². The van der Waals surface area contributed by atoms with Crippen LogP contribution in [-0.4, -0.2) is 38.2 Å². The van der Waals surface area contributed by atoms with Crippen LogP contribution in [0.15, 0.2) is 0 Å². The van der Waals surface area contributed by atoms with Crippen molar-refractivity contribution in [3.8, 4) is 0 Å². The molecule has 0 saturated carbocycles. The van der Waals surface area contributed by atoms with Crippen LogP contribution >= 0.6 is 11.3 Å². The average Bonchev–Trinajstić information content (AvgIpc) is 2.63. The number of fused-ring (bicyclic) bond motifs is 1. The van der Waals surface area contributed by atoms with Crippen LogP contribution in [0.25, 0.3) is 10.2 Å². The summed E-state index contributed by atoms with van der Waals surface area (Å²) in [7, 11) is 0. The molecular weight excluding hydrogens is 294 g/mol. The molecule has 0 fully saturated rings. The maximum atomic E-state index is 11.2. The SMILES string of the molecule is Cc1nc(NC(CC(=O)O)C(=O)O)c2c(C)c(C)sc2n1. The molecule has 0 aliphatic carbocycles. The summed E-state index contributed by atoms with van der Waals surface area (Å²) in [6, 6.07) is -1.24. The third kappa shape index (κ3) is 3.10. The normalized spacial score (nSPS) is 12.3. The number of thiophene rings is 1. The standard InChI is InChI=1S/C13H15N3O4S/c1-5-6(2)21-12-10(5)11(14-7(3)15-12)16-8(13(19)20)4-9(17)18/h8H,4H2,1-3H3,(H,17,18)(H,19,20)(H,14,15,16). The van der Waals surface area contributed by atoms with Gasteiger partial charge in [-0.05, 0) is 26.3 Å². The van der Waals surface area contributed by atoms with E-state index in [-0.39, 0.29) is 0 Å². The van der Waals surface area contributed by atoms with Gasteiger partial charge in [-0.1, -0.05) is 0 Å². The summed E-state index contributed by atoms with van der Waals surface area (Å²) >= 11 is 1.50. The van der Waals surface area contributed by atoms with Gasteiger partial charge in [0.05, 0.1) is 11.8 Å². The van der Waals surface area contributed by atoms with Gasteiger partial charge in [0, 0.05) is 4.88 Å². The lowest BCUT2D eigenvalue weighted by atomic mass is 10.1. The second kappa shape index (κ2) is 5.65. The number of carbonyl (C=O) groups is 2. The molecular formula is C13H15N3O4S. The maximum absolute atomic E-state index is 11.2. The molecule has 2 aromatic heterocycles. The summed E-state index contributed by atoms with van der Waals surface area (Å²) in [6.07, 6.45) is -0.526. The Labute approximate surface area is 124 Å². The third-order valence-corrected chi connectivity index (χ3v) is 4.23. The van der Waals surface area contributed by atoms with Crippen molar-refractivity contribution in [2.24, 2.45) is 0 Å². The van der Waals surface area contributed by atoms with Crippen molar-refractivity contribution in [3.05, 3.63) is 16.3 Å². The zero-order valence-electron chi connectivity index (χ0n) is 11.8. The lowest BCUT2D eigenvalue weighted by Crippen LogP contribution is -2.32. The molecule has 0 aliphatic rings. The van der Waals surface area contributed by atoms with Gasteiger partial charge in [0.25, 0.3) is 0 Å². The first-order chi connectivity index (χ1) is 9.79. The zero-order valence-corrected chi connectivity index (χ0v) is 12.6. The van der Waals surface area contributed by atoms with Crippen LogP contribution in [-0.2, 0) is 9.59 Å². The second-order valence-corrected chi connectivity index (χ2v) is 5.92. The van der Waals surface area contributed by atoms with Gasteiger partial charge >= 0.3 is 11.9 Å². The van der Waals surface area contributed by atoms with Gasteiger partial charge in [0.2, 0.25) is 0 Å². The number of hydrogen-bond acceptors (Lipinski definition) is 6. The van der Waals surface area contributed by atoms with E-state index in [1.54, 1.807) is 6.92 Å². The molecule has 0 saturated heterocycles. The number of hydrogen-bond donors (Lipinski definition) is 3. The highest BCUT2D eigenvalue weighted by Gasteiger charge is 2.23. The molecule has 0 aliphatic heterocycles. The quantitative estimate of drug-likeness (QED) is 0.773. The van der Waals surface area contributed by atoms with Gasteiger partial charge in [-0.3, -0.25) is 4.79 Å². The van der Waals surface area contributed by atoms with E-state index in [0.29, 0.717) is 11.6 Å². The minimum absolute atomic E-state index is 0.369. The second-order valence-electron chi connectivity index (χ2n) is 4.72. The topological polar surface area (TPSA) is 112 Å². The van der Waals surface area contributed by atoms with E-state index < -0.39 is 24.4 Å². The highest BCUT2D eigenvalue weighted by molar-refractivity contribution is 7.18. The van der Waals surface area contributed by atoms with Crippen LogP contribution in [0.2, 0.25) is 0 Å². The molecule has 2 rings (SSSR count). The molecule has 8 heteroatoms. The predicted molar refractivity (Wildman–Crippen MR) is 78.9 cm³/mol. The minimum atomic E-state index is -1.24. The molecule has 2 aromatic rings. The molecule has 0 aromatic carbocycles. The van der Waals surface area contributed by atoms with Crippen molar-refractivity contribution in [1.29, 1.82) is 0 Å². The Morgan fingerprint density at radius 3 is 2.48 bits per heavy atom. The van der Waals surface area contributed by atoms with Gasteiger partial charge < -0.3 is 15.5 Å². The highest BCUT2D eigenvalue weighted by atomic mass is 32.1. The molecule has 1 atom stereocenters. The fourth-order valence-corrected chi connectivity index (χ4v) is 3.08. The van der Waals surface area contributed by atoms with Crippen molar-refractivity contribution < 1.29 is 19.8 Å². The predicted octanol–water partition coefficient (Wildman–Crippen LogP) is 1.96. The monoisotopic (exact) mass is 309 g/mol. The number of carboxylic acid groups (broad SMARTS) is 2. The minimum Gasteiger partial charge on any atom is -0.481 e. The Morgan fingerprint density at radius 2 is 1.90 bits per heavy atom. The first-order valence-corrected chi connectivity index (χ1v) is 7.06. The summed E-state index contributed by atoms with van der Waals surface area (Å²) in [5, 5.41) is 21.4. The fraction of sp³-hybridized carbons (Fsp3) is 0.385. The van der Waals surface area contributed by atoms with E-state index in [2.05, 4.69) is 15.3 Å². The Balaban J connectivity index is 2.49. The van der Waals surface area contributed by atoms with Crippen LogP contribution in [0.1, 0.15) is 22.7 Å². The van der Waals surface area contributed by atoms with Crippen molar-refractivity contribution in [2.75, 3.05) is 5.32 Å². The number of nitrogens with zero attached hydrogens (tertiary/aromatic N) is 2. The highest BCUT2D eigenvalue weighted by Crippen LogP contribution is 2.33. The van der Waals surface area contributed by atoms with Crippen LogP contribution in [0.4, 0.5) is 5.82 Å². The summed E-state index contributed by atoms with van der Waals surface area (Å²) in [6.45, 7) is 5.57. The van der Waals surface area contributed by atoms with E-state index in [4.69, 9.17) is 10.2 Å². The summed E-state index contributed by atoms with van der Waals surface area (Å²) in [5.41, 5.74) is 0.969. The van der Waals surface area contributed by atoms with E-state index >= 15 is 0 Å². The molecule has 3 N–H and O–H groups in total. The third-order valence-electron chi connectivity index (χ3n) is 3.13. The molecule has 112 valence electrons. The lowest BCUT2D eigenvalue weighted by Gasteiger charge is -2.14. The van der Waals surface area contributed by atoms with Gasteiger partial charge in [0.15, 0.2) is 0 Å². The summed E-state index contributed by atoms with van der Waals surface area (Å²) < 4.78 is 0. The molecule has 1 unspecified atom stereocenters. The number of carboxylic acids is 2. The number of anilines is 1. The summed E-state index contributed by atoms with van der Waals surface area (Å²) in [5.74, 6) is -1.54. The van der Waals surface area contributed by atoms with Crippen LogP contribution in [0, 0.1) is 20.8 Å². The number of aromatic nitrogens is 2. The first-order valence-electron chi connectivity index (χ1n) is 6.25. The Bertz CT molecular complexity index is 726. The lowest BCUT2D eigenvalue weighted by molar-refractivity contribution is -0.144. The molecule has 21 heavy (non-hydrogen) atoms. The number of nitrogens with one attached hydrogen (secondary N) is 1. The van der Waals surface area contributed by atoms with Crippen LogP contribution in [0.3, 0.4) is 0 Å². The molecule has 0 spiro atoms. The number of aliphatic carboxylic acids is 2. The zero-order chi connectivity index (χ0) is 15.7. The summed E-state index contributed by atoms with van der Waals surface area (Å²) in [4.78, 5) is 32.4. The van der Waals surface area contributed by atoms with Crippen LogP contribution < -0.4 is 5.32 Å². The molecule has 0 radical (unpaired) electrons. The Kier molecular flexibility index (Phi) is 4.08. The van der Waals surface area contributed by atoms with E-state index in [9.17, 15) is 9.59 Å². The van der Waals surface area contributed by atoms with Crippen molar-refractivity contribution >= 4 is 39.3 Å². The average molecular weight is 309 g/mol. The van der Waals surface area contributed by atoms with E-state index in [0.717, 1.165) is 20.7 Å². The largest absolute Gasteiger partial charge is 0.481 e. The van der Waals surface area contributed by atoms with Crippen molar-refractivity contribution in [1.82, 2.24) is 9.97 Å². The van der Waals surface area contributed by atoms with Gasteiger partial charge in [-0.2, -0.15) is 0 Å². The van der Waals surface area contributed by atoms with E-state index in [1.165, 1.54) is 11.3 Å². The van der Waals surface area contributed by atoms with Crippen LogP contribution in [0.5, 0.6) is 0 Å². The van der Waals surface area contributed by atoms with Gasteiger partial charge in [-0.15, -0.1) is 11.3 Å². The Hall–Kier alpha value is -2.22. The maximum Gasteiger partial charge on any atom is 0.326 e.